The lowest BCUT2D eigenvalue weighted by molar-refractivity contribution is 0.0168. The van der Waals surface area contributed by atoms with Crippen molar-refractivity contribution in [2.45, 2.75) is 36.0 Å². The molecule has 0 bridgehead atoms. The molecule has 1 unspecified atom stereocenters. The molecule has 0 radical (unpaired) electrons. The van der Waals surface area contributed by atoms with E-state index in [1.165, 1.54) is 0 Å². The van der Waals surface area contributed by atoms with Crippen LogP contribution in [0.3, 0.4) is 0 Å². The van der Waals surface area contributed by atoms with Gasteiger partial charge in [0.1, 0.15) is 0 Å². The molecule has 0 aromatic heterocycles. The molecule has 26 heavy (non-hydrogen) atoms. The molecule has 8 heteroatoms. The average molecular weight is 417 g/mol. The summed E-state index contributed by atoms with van der Waals surface area (Å²) in [5.41, 5.74) is 1.51. The predicted molar refractivity (Wildman–Crippen MR) is 106 cm³/mol. The van der Waals surface area contributed by atoms with E-state index >= 15 is 0 Å². The van der Waals surface area contributed by atoms with Crippen molar-refractivity contribution in [2.24, 2.45) is 0 Å². The van der Waals surface area contributed by atoms with E-state index in [0.29, 0.717) is 34.6 Å². The SMILES string of the molecule is Cc1cc(S(=O)(=O)N2CC3(CC(N4CCOCC4)CS3)C2)c(C)cc1Cl. The number of benzene rings is 1. The normalized spacial score (nSPS) is 27.0. The Morgan fingerprint density at radius 3 is 2.58 bits per heavy atom. The van der Waals surface area contributed by atoms with Gasteiger partial charge in [0, 0.05) is 47.7 Å². The van der Waals surface area contributed by atoms with Gasteiger partial charge in [-0.3, -0.25) is 4.90 Å². The minimum atomic E-state index is -3.45. The van der Waals surface area contributed by atoms with E-state index < -0.39 is 10.0 Å². The summed E-state index contributed by atoms with van der Waals surface area (Å²) >= 11 is 8.07. The van der Waals surface area contributed by atoms with E-state index in [-0.39, 0.29) is 4.75 Å². The standard InChI is InChI=1S/C18H25ClN2O3S2/c1-13-8-17(14(2)7-16(13)19)26(22,23)21-11-18(12-21)9-15(10-25-18)20-3-5-24-6-4-20/h7-8,15H,3-6,9-12H2,1-2H3. The summed E-state index contributed by atoms with van der Waals surface area (Å²) < 4.78 is 33.3. The summed E-state index contributed by atoms with van der Waals surface area (Å²) in [5, 5.41) is 0.612. The molecule has 4 rings (SSSR count). The van der Waals surface area contributed by atoms with Crippen LogP contribution >= 0.6 is 23.4 Å². The Morgan fingerprint density at radius 1 is 1.19 bits per heavy atom. The number of thioether (sulfide) groups is 1. The van der Waals surface area contributed by atoms with Gasteiger partial charge in [-0.15, -0.1) is 0 Å². The van der Waals surface area contributed by atoms with Crippen LogP contribution < -0.4 is 0 Å². The van der Waals surface area contributed by atoms with Gasteiger partial charge in [-0.2, -0.15) is 16.1 Å². The number of nitrogens with zero attached hydrogens (tertiary/aromatic N) is 2. The molecule has 3 aliphatic heterocycles. The predicted octanol–water partition coefficient (Wildman–Crippen LogP) is 2.54. The third kappa shape index (κ3) is 3.31. The minimum Gasteiger partial charge on any atom is -0.379 e. The fourth-order valence-electron chi connectivity index (χ4n) is 4.16. The molecule has 0 amide bonds. The van der Waals surface area contributed by atoms with Crippen molar-refractivity contribution < 1.29 is 13.2 Å². The summed E-state index contributed by atoms with van der Waals surface area (Å²) in [6, 6.07) is 4.00. The lowest BCUT2D eigenvalue weighted by atomic mass is 9.93. The van der Waals surface area contributed by atoms with Crippen molar-refractivity contribution in [1.29, 1.82) is 0 Å². The highest BCUT2D eigenvalue weighted by atomic mass is 35.5. The van der Waals surface area contributed by atoms with Gasteiger partial charge in [-0.25, -0.2) is 8.42 Å². The average Bonchev–Trinajstić information content (AvgIpc) is 3.03. The van der Waals surface area contributed by atoms with Gasteiger partial charge in [0.05, 0.1) is 18.1 Å². The number of aryl methyl sites for hydroxylation is 2. The Kier molecular flexibility index (Phi) is 5.08. The van der Waals surface area contributed by atoms with E-state index in [2.05, 4.69) is 4.90 Å². The van der Waals surface area contributed by atoms with E-state index in [1.807, 2.05) is 25.6 Å². The molecular formula is C18H25ClN2O3S2. The number of morpholine rings is 1. The Morgan fingerprint density at radius 2 is 1.88 bits per heavy atom. The van der Waals surface area contributed by atoms with Gasteiger partial charge in [0.2, 0.25) is 10.0 Å². The monoisotopic (exact) mass is 416 g/mol. The first kappa shape index (κ1) is 19.0. The Hall–Kier alpha value is -0.310. The molecule has 144 valence electrons. The summed E-state index contributed by atoms with van der Waals surface area (Å²) in [7, 11) is -3.45. The first-order chi connectivity index (χ1) is 12.3. The van der Waals surface area contributed by atoms with Gasteiger partial charge in [0.25, 0.3) is 0 Å². The van der Waals surface area contributed by atoms with Gasteiger partial charge < -0.3 is 4.74 Å². The zero-order chi connectivity index (χ0) is 18.5. The molecule has 1 atom stereocenters. The number of halogens is 1. The van der Waals surface area contributed by atoms with E-state index in [1.54, 1.807) is 16.4 Å². The van der Waals surface area contributed by atoms with Crippen LogP contribution in [-0.2, 0) is 14.8 Å². The van der Waals surface area contributed by atoms with Gasteiger partial charge in [-0.05, 0) is 43.5 Å². The molecular weight excluding hydrogens is 392 g/mol. The summed E-state index contributed by atoms with van der Waals surface area (Å²) in [5.74, 6) is 1.09. The van der Waals surface area contributed by atoms with Crippen molar-refractivity contribution in [3.63, 3.8) is 0 Å². The van der Waals surface area contributed by atoms with Crippen LogP contribution in [-0.4, -0.2) is 73.6 Å². The fraction of sp³-hybridized carbons (Fsp3) is 0.667. The Bertz CT molecular complexity index is 803. The van der Waals surface area contributed by atoms with Crippen molar-refractivity contribution in [3.05, 3.63) is 28.3 Å². The topological polar surface area (TPSA) is 49.9 Å². The lowest BCUT2D eigenvalue weighted by Crippen LogP contribution is -2.61. The zero-order valence-electron chi connectivity index (χ0n) is 15.2. The number of sulfonamides is 1. The highest BCUT2D eigenvalue weighted by Gasteiger charge is 2.53. The number of hydrogen-bond donors (Lipinski definition) is 0. The van der Waals surface area contributed by atoms with Crippen molar-refractivity contribution >= 4 is 33.4 Å². The van der Waals surface area contributed by atoms with E-state index in [4.69, 9.17) is 16.3 Å². The van der Waals surface area contributed by atoms with Crippen LogP contribution in [0.4, 0.5) is 0 Å². The van der Waals surface area contributed by atoms with Crippen LogP contribution in [0.15, 0.2) is 17.0 Å². The van der Waals surface area contributed by atoms with Crippen molar-refractivity contribution in [2.75, 3.05) is 45.1 Å². The van der Waals surface area contributed by atoms with Gasteiger partial charge in [0.15, 0.2) is 0 Å². The molecule has 0 aliphatic carbocycles. The second kappa shape index (κ2) is 6.94. The van der Waals surface area contributed by atoms with Gasteiger partial charge in [-0.1, -0.05) is 11.6 Å². The van der Waals surface area contributed by atoms with E-state index in [9.17, 15) is 8.42 Å². The van der Waals surface area contributed by atoms with Crippen molar-refractivity contribution in [1.82, 2.24) is 9.21 Å². The molecule has 3 fully saturated rings. The summed E-state index contributed by atoms with van der Waals surface area (Å²) in [4.78, 5) is 2.90. The zero-order valence-corrected chi connectivity index (χ0v) is 17.6. The highest BCUT2D eigenvalue weighted by Crippen LogP contribution is 2.48. The van der Waals surface area contributed by atoms with Crippen LogP contribution in [0.2, 0.25) is 5.02 Å². The van der Waals surface area contributed by atoms with Crippen LogP contribution in [0.5, 0.6) is 0 Å². The molecule has 5 nitrogen and oxygen atoms in total. The first-order valence-electron chi connectivity index (χ1n) is 9.03. The largest absolute Gasteiger partial charge is 0.379 e. The molecule has 1 aromatic carbocycles. The molecule has 0 N–H and O–H groups in total. The maximum atomic E-state index is 13.1. The Labute approximate surface area is 165 Å². The van der Waals surface area contributed by atoms with Crippen molar-refractivity contribution in [3.8, 4) is 0 Å². The first-order valence-corrected chi connectivity index (χ1v) is 11.8. The third-order valence-electron chi connectivity index (χ3n) is 5.75. The molecule has 1 spiro atoms. The van der Waals surface area contributed by atoms with Crippen LogP contribution in [0, 0.1) is 13.8 Å². The maximum Gasteiger partial charge on any atom is 0.243 e. The number of ether oxygens (including phenoxy) is 1. The van der Waals surface area contributed by atoms with E-state index in [0.717, 1.165) is 44.0 Å². The van der Waals surface area contributed by atoms with Crippen LogP contribution in [0.1, 0.15) is 17.5 Å². The molecule has 0 saturated carbocycles. The highest BCUT2D eigenvalue weighted by molar-refractivity contribution is 8.01. The fourth-order valence-corrected chi connectivity index (χ4v) is 8.12. The maximum absolute atomic E-state index is 13.1. The second-order valence-electron chi connectivity index (χ2n) is 7.64. The van der Waals surface area contributed by atoms with Crippen LogP contribution in [0.25, 0.3) is 0 Å². The quantitative estimate of drug-likeness (QED) is 0.757. The summed E-state index contributed by atoms with van der Waals surface area (Å²) in [6.45, 7) is 8.49. The number of hydrogen-bond acceptors (Lipinski definition) is 5. The smallest absolute Gasteiger partial charge is 0.243 e. The third-order valence-corrected chi connectivity index (χ3v) is 9.68. The molecule has 1 aromatic rings. The molecule has 3 heterocycles. The molecule has 3 aliphatic rings. The number of rotatable bonds is 3. The summed E-state index contributed by atoms with van der Waals surface area (Å²) in [6.07, 6.45) is 1.07. The Balaban J connectivity index is 1.45. The van der Waals surface area contributed by atoms with Gasteiger partial charge >= 0.3 is 0 Å². The second-order valence-corrected chi connectivity index (χ2v) is 11.4. The lowest BCUT2D eigenvalue weighted by Gasteiger charge is -2.47. The molecule has 3 saturated heterocycles. The minimum absolute atomic E-state index is 0.0887.